The van der Waals surface area contributed by atoms with Gasteiger partial charge in [-0.25, -0.2) is 8.42 Å². The normalized spacial score (nSPS) is 13.8. The number of nitrogens with zero attached hydrogens (tertiary/aromatic N) is 1. The van der Waals surface area contributed by atoms with E-state index in [2.05, 4.69) is 4.98 Å². The molecule has 1 atom stereocenters. The van der Waals surface area contributed by atoms with Gasteiger partial charge >= 0.3 is 0 Å². The molecule has 2 N–H and O–H groups in total. The summed E-state index contributed by atoms with van der Waals surface area (Å²) in [6, 6.07) is 3.50. The summed E-state index contributed by atoms with van der Waals surface area (Å²) in [6.45, 7) is 1.89. The van der Waals surface area contributed by atoms with Crippen molar-refractivity contribution in [1.82, 2.24) is 4.98 Å². The van der Waals surface area contributed by atoms with E-state index in [-0.39, 0.29) is 11.8 Å². The number of hydrogen-bond donors (Lipinski definition) is 1. The first kappa shape index (κ1) is 12.1. The van der Waals surface area contributed by atoms with Crippen molar-refractivity contribution in [2.45, 2.75) is 19.4 Å². The van der Waals surface area contributed by atoms with Gasteiger partial charge in [0, 0.05) is 24.2 Å². The molecule has 1 rings (SSSR count). The number of pyridine rings is 1. The molecule has 0 spiro atoms. The Morgan fingerprint density at radius 3 is 2.60 bits per heavy atom. The molecular weight excluding hydrogens is 212 g/mol. The Balaban J connectivity index is 2.61. The lowest BCUT2D eigenvalue weighted by Crippen LogP contribution is -2.15. The van der Waals surface area contributed by atoms with E-state index in [1.807, 2.05) is 19.1 Å². The summed E-state index contributed by atoms with van der Waals surface area (Å²) in [4.78, 5) is 4.12. The van der Waals surface area contributed by atoms with E-state index in [0.717, 1.165) is 11.3 Å². The van der Waals surface area contributed by atoms with Crippen molar-refractivity contribution in [3.05, 3.63) is 29.6 Å². The van der Waals surface area contributed by atoms with Crippen LogP contribution >= 0.6 is 0 Å². The standard InChI is InChI=1S/C10H16N2O2S/c1-8-3-4-9(7-12-8)10(11)5-6-15(2,13)14/h3-4,7,10H,5-6,11H2,1-2H3. The Morgan fingerprint density at radius 2 is 2.13 bits per heavy atom. The zero-order valence-corrected chi connectivity index (χ0v) is 9.79. The van der Waals surface area contributed by atoms with Gasteiger partial charge in [-0.3, -0.25) is 4.98 Å². The van der Waals surface area contributed by atoms with E-state index in [4.69, 9.17) is 5.73 Å². The van der Waals surface area contributed by atoms with Gasteiger partial charge in [0.25, 0.3) is 0 Å². The molecule has 15 heavy (non-hydrogen) atoms. The van der Waals surface area contributed by atoms with Crippen LogP contribution in [0.3, 0.4) is 0 Å². The van der Waals surface area contributed by atoms with Crippen molar-refractivity contribution in [3.63, 3.8) is 0 Å². The molecule has 4 nitrogen and oxygen atoms in total. The average molecular weight is 228 g/mol. The summed E-state index contributed by atoms with van der Waals surface area (Å²) in [6.07, 6.45) is 3.35. The van der Waals surface area contributed by atoms with Crippen LogP contribution in [0.1, 0.15) is 23.7 Å². The van der Waals surface area contributed by atoms with Crippen molar-refractivity contribution < 1.29 is 8.42 Å². The van der Waals surface area contributed by atoms with Crippen LogP contribution in [0.15, 0.2) is 18.3 Å². The van der Waals surface area contributed by atoms with Gasteiger partial charge in [-0.2, -0.15) is 0 Å². The van der Waals surface area contributed by atoms with Crippen LogP contribution in [0.2, 0.25) is 0 Å². The molecule has 0 aromatic carbocycles. The lowest BCUT2D eigenvalue weighted by Gasteiger charge is -2.10. The highest BCUT2D eigenvalue weighted by atomic mass is 32.2. The molecule has 0 saturated carbocycles. The van der Waals surface area contributed by atoms with Crippen LogP contribution in [0.5, 0.6) is 0 Å². The summed E-state index contributed by atoms with van der Waals surface area (Å²) in [7, 11) is -2.94. The number of nitrogens with two attached hydrogens (primary N) is 1. The van der Waals surface area contributed by atoms with Gasteiger partial charge in [0.1, 0.15) is 9.84 Å². The highest BCUT2D eigenvalue weighted by Gasteiger charge is 2.10. The Hall–Kier alpha value is -0.940. The monoisotopic (exact) mass is 228 g/mol. The van der Waals surface area contributed by atoms with Crippen LogP contribution in [0.4, 0.5) is 0 Å². The summed E-state index contributed by atoms with van der Waals surface area (Å²) in [5.74, 6) is 0.113. The van der Waals surface area contributed by atoms with Gasteiger partial charge < -0.3 is 5.73 Å². The largest absolute Gasteiger partial charge is 0.324 e. The molecule has 0 aliphatic rings. The molecule has 1 aromatic heterocycles. The number of aromatic nitrogens is 1. The summed E-state index contributed by atoms with van der Waals surface area (Å²) in [5.41, 5.74) is 7.65. The number of hydrogen-bond acceptors (Lipinski definition) is 4. The molecule has 0 bridgehead atoms. The molecule has 0 aliphatic heterocycles. The highest BCUT2D eigenvalue weighted by Crippen LogP contribution is 2.13. The first-order valence-electron chi connectivity index (χ1n) is 4.74. The van der Waals surface area contributed by atoms with Crippen LogP contribution in [0, 0.1) is 6.92 Å². The van der Waals surface area contributed by atoms with Crippen LogP contribution in [0.25, 0.3) is 0 Å². The first-order valence-corrected chi connectivity index (χ1v) is 6.80. The predicted octanol–water partition coefficient (Wildman–Crippen LogP) is 0.825. The molecule has 0 amide bonds. The van der Waals surface area contributed by atoms with E-state index in [1.54, 1.807) is 6.20 Å². The third-order valence-corrected chi connectivity index (χ3v) is 3.14. The minimum absolute atomic E-state index is 0.113. The van der Waals surface area contributed by atoms with E-state index < -0.39 is 9.84 Å². The molecule has 0 fully saturated rings. The maximum Gasteiger partial charge on any atom is 0.147 e. The third kappa shape index (κ3) is 4.40. The van der Waals surface area contributed by atoms with Crippen molar-refractivity contribution >= 4 is 9.84 Å². The van der Waals surface area contributed by atoms with Gasteiger partial charge in [0.15, 0.2) is 0 Å². The summed E-state index contributed by atoms with van der Waals surface area (Å²) in [5, 5.41) is 0. The van der Waals surface area contributed by atoms with E-state index in [0.29, 0.717) is 6.42 Å². The molecule has 0 saturated heterocycles. The quantitative estimate of drug-likeness (QED) is 0.828. The molecule has 5 heteroatoms. The molecule has 1 heterocycles. The van der Waals surface area contributed by atoms with Crippen LogP contribution in [-0.4, -0.2) is 25.4 Å². The lowest BCUT2D eigenvalue weighted by atomic mass is 10.1. The fraction of sp³-hybridized carbons (Fsp3) is 0.500. The Labute approximate surface area is 90.4 Å². The lowest BCUT2D eigenvalue weighted by molar-refractivity contribution is 0.591. The topological polar surface area (TPSA) is 73.1 Å². The van der Waals surface area contributed by atoms with Crippen molar-refractivity contribution in [2.75, 3.05) is 12.0 Å². The van der Waals surface area contributed by atoms with Crippen molar-refractivity contribution in [3.8, 4) is 0 Å². The predicted molar refractivity (Wildman–Crippen MR) is 60.2 cm³/mol. The van der Waals surface area contributed by atoms with Gasteiger partial charge in [-0.1, -0.05) is 6.07 Å². The Bertz CT molecular complexity index is 412. The zero-order valence-electron chi connectivity index (χ0n) is 8.97. The molecule has 0 aliphatic carbocycles. The fourth-order valence-electron chi connectivity index (χ4n) is 1.21. The average Bonchev–Trinajstić information content (AvgIpc) is 2.14. The maximum atomic E-state index is 10.9. The maximum absolute atomic E-state index is 10.9. The molecule has 0 radical (unpaired) electrons. The van der Waals surface area contributed by atoms with Crippen molar-refractivity contribution in [1.29, 1.82) is 0 Å². The van der Waals surface area contributed by atoms with Crippen molar-refractivity contribution in [2.24, 2.45) is 5.73 Å². The highest BCUT2D eigenvalue weighted by molar-refractivity contribution is 7.90. The van der Waals surface area contributed by atoms with Crippen LogP contribution in [-0.2, 0) is 9.84 Å². The van der Waals surface area contributed by atoms with E-state index in [9.17, 15) is 8.42 Å². The van der Waals surface area contributed by atoms with Crippen LogP contribution < -0.4 is 5.73 Å². The molecule has 1 aromatic rings. The minimum Gasteiger partial charge on any atom is -0.324 e. The molecule has 1 unspecified atom stereocenters. The smallest absolute Gasteiger partial charge is 0.147 e. The van der Waals surface area contributed by atoms with E-state index >= 15 is 0 Å². The van der Waals surface area contributed by atoms with Gasteiger partial charge in [0.05, 0.1) is 5.75 Å². The second-order valence-electron chi connectivity index (χ2n) is 3.76. The second kappa shape index (κ2) is 4.72. The van der Waals surface area contributed by atoms with E-state index in [1.165, 1.54) is 6.26 Å². The molecule has 84 valence electrons. The third-order valence-electron chi connectivity index (χ3n) is 2.16. The van der Waals surface area contributed by atoms with Gasteiger partial charge in [-0.15, -0.1) is 0 Å². The number of sulfone groups is 1. The second-order valence-corrected chi connectivity index (χ2v) is 6.02. The zero-order chi connectivity index (χ0) is 11.5. The Kier molecular flexibility index (Phi) is 3.82. The number of aryl methyl sites for hydroxylation is 1. The SMILES string of the molecule is Cc1ccc(C(N)CCS(C)(=O)=O)cn1. The Morgan fingerprint density at radius 1 is 1.47 bits per heavy atom. The van der Waals surface area contributed by atoms with Gasteiger partial charge in [-0.05, 0) is 25.0 Å². The fourth-order valence-corrected chi connectivity index (χ4v) is 1.89. The molecular formula is C10H16N2O2S. The first-order chi connectivity index (χ1) is 6.88. The summed E-state index contributed by atoms with van der Waals surface area (Å²) >= 11 is 0. The van der Waals surface area contributed by atoms with Gasteiger partial charge in [0.2, 0.25) is 0 Å². The minimum atomic E-state index is -2.94. The number of rotatable bonds is 4. The summed E-state index contributed by atoms with van der Waals surface area (Å²) < 4.78 is 21.9.